The number of alkyl halides is 3. The van der Waals surface area contributed by atoms with E-state index in [2.05, 4.69) is 16.0 Å². The van der Waals surface area contributed by atoms with E-state index in [4.69, 9.17) is 0 Å². The van der Waals surface area contributed by atoms with Gasteiger partial charge in [-0.15, -0.1) is 0 Å². The minimum atomic E-state index is -4.36. The van der Waals surface area contributed by atoms with Crippen molar-refractivity contribution in [1.29, 1.82) is 0 Å². The highest BCUT2D eigenvalue weighted by Gasteiger charge is 2.31. The summed E-state index contributed by atoms with van der Waals surface area (Å²) in [5.74, 6) is 0. The predicted octanol–water partition coefficient (Wildman–Crippen LogP) is 5.25. The summed E-state index contributed by atoms with van der Waals surface area (Å²) < 4.78 is 39.3. The fraction of sp³-hybridized carbons (Fsp3) is 0.0800. The van der Waals surface area contributed by atoms with Gasteiger partial charge in [0.05, 0.1) is 16.7 Å². The Morgan fingerprint density at radius 1 is 0.933 bits per heavy atom. The molecule has 0 unspecified atom stereocenters. The molecule has 1 aliphatic rings. The molecule has 0 atom stereocenters. The van der Waals surface area contributed by atoms with Crippen molar-refractivity contribution in [2.75, 3.05) is 0 Å². The minimum Gasteiger partial charge on any atom is -0.361 e. The molecule has 1 aliphatic heterocycles. The van der Waals surface area contributed by atoms with E-state index in [0.717, 1.165) is 62.1 Å². The maximum atomic E-state index is 13.1. The highest BCUT2D eigenvalue weighted by Crippen LogP contribution is 2.39. The van der Waals surface area contributed by atoms with Crippen molar-refractivity contribution in [1.82, 2.24) is 4.98 Å². The monoisotopic (exact) mass is 403 g/mol. The molecular weight excluding hydrogens is 385 g/mol. The van der Waals surface area contributed by atoms with E-state index >= 15 is 0 Å². The summed E-state index contributed by atoms with van der Waals surface area (Å²) in [5.41, 5.74) is 7.00. The van der Waals surface area contributed by atoms with Crippen molar-refractivity contribution in [3.05, 3.63) is 101 Å². The SMILES string of the molecule is Cc1ccc2c(c1)/C(=C(\c1ccc(C(F)(F)F)cc1)c1c[nH]c3ccccc13)C=[NH+]2. The van der Waals surface area contributed by atoms with Gasteiger partial charge in [0, 0.05) is 34.3 Å². The van der Waals surface area contributed by atoms with E-state index in [1.807, 2.05) is 55.7 Å². The Labute approximate surface area is 171 Å². The van der Waals surface area contributed by atoms with Gasteiger partial charge in [-0.3, -0.25) is 0 Å². The summed E-state index contributed by atoms with van der Waals surface area (Å²) in [5, 5.41) is 1.02. The summed E-state index contributed by atoms with van der Waals surface area (Å²) in [4.78, 5) is 6.58. The van der Waals surface area contributed by atoms with E-state index < -0.39 is 11.7 Å². The van der Waals surface area contributed by atoms with Crippen LogP contribution in [0.2, 0.25) is 0 Å². The first-order valence-corrected chi connectivity index (χ1v) is 9.61. The molecule has 0 fully saturated rings. The Balaban J connectivity index is 1.79. The lowest BCUT2D eigenvalue weighted by atomic mass is 9.89. The Morgan fingerprint density at radius 2 is 1.70 bits per heavy atom. The number of aromatic nitrogens is 1. The van der Waals surface area contributed by atoms with Gasteiger partial charge >= 0.3 is 6.18 Å². The Kier molecular flexibility index (Phi) is 4.13. The number of benzene rings is 3. The predicted molar refractivity (Wildman–Crippen MR) is 114 cm³/mol. The van der Waals surface area contributed by atoms with Crippen molar-refractivity contribution >= 4 is 34.0 Å². The van der Waals surface area contributed by atoms with Gasteiger partial charge in [0.1, 0.15) is 0 Å². The fourth-order valence-electron chi connectivity index (χ4n) is 4.00. The van der Waals surface area contributed by atoms with Gasteiger partial charge in [-0.25, -0.2) is 4.99 Å². The summed E-state index contributed by atoms with van der Waals surface area (Å²) >= 11 is 0. The van der Waals surface area contributed by atoms with Gasteiger partial charge in [0.25, 0.3) is 0 Å². The fourth-order valence-corrected chi connectivity index (χ4v) is 4.00. The molecular formula is C25H18F3N2+. The number of para-hydroxylation sites is 1. The molecule has 2 heterocycles. The zero-order chi connectivity index (χ0) is 20.9. The zero-order valence-electron chi connectivity index (χ0n) is 16.1. The summed E-state index contributed by atoms with van der Waals surface area (Å²) in [6.07, 6.45) is -0.511. The van der Waals surface area contributed by atoms with Crippen LogP contribution in [0.1, 0.15) is 27.8 Å². The van der Waals surface area contributed by atoms with Crippen LogP contribution in [0.5, 0.6) is 0 Å². The molecule has 0 amide bonds. The molecule has 3 aromatic carbocycles. The topological polar surface area (TPSA) is 29.8 Å². The van der Waals surface area contributed by atoms with Gasteiger partial charge in [0.2, 0.25) is 5.69 Å². The molecule has 0 aliphatic carbocycles. The quantitative estimate of drug-likeness (QED) is 0.458. The number of nitrogens with one attached hydrogen (secondary N) is 2. The van der Waals surface area contributed by atoms with Crippen LogP contribution in [-0.4, -0.2) is 11.2 Å². The van der Waals surface area contributed by atoms with E-state index in [9.17, 15) is 13.2 Å². The molecule has 5 rings (SSSR count). The lowest BCUT2D eigenvalue weighted by molar-refractivity contribution is -0.342. The molecule has 0 bridgehead atoms. The maximum Gasteiger partial charge on any atom is 0.416 e. The van der Waals surface area contributed by atoms with Gasteiger partial charge in [-0.2, -0.15) is 13.2 Å². The molecule has 5 heteroatoms. The number of aromatic amines is 1. The lowest BCUT2D eigenvalue weighted by Gasteiger charge is -2.12. The third-order valence-corrected chi connectivity index (χ3v) is 5.47. The van der Waals surface area contributed by atoms with Crippen LogP contribution in [0.4, 0.5) is 18.9 Å². The second-order valence-electron chi connectivity index (χ2n) is 7.45. The van der Waals surface area contributed by atoms with Gasteiger partial charge in [-0.1, -0.05) is 42.0 Å². The van der Waals surface area contributed by atoms with E-state index in [-0.39, 0.29) is 0 Å². The first-order chi connectivity index (χ1) is 14.4. The summed E-state index contributed by atoms with van der Waals surface area (Å²) in [6, 6.07) is 19.5. The van der Waals surface area contributed by atoms with Crippen molar-refractivity contribution < 1.29 is 18.2 Å². The van der Waals surface area contributed by atoms with E-state index in [1.165, 1.54) is 0 Å². The molecule has 148 valence electrons. The number of allylic oxidation sites excluding steroid dienone is 1. The molecule has 2 nitrogen and oxygen atoms in total. The van der Waals surface area contributed by atoms with Crippen LogP contribution in [0.25, 0.3) is 22.0 Å². The molecule has 2 N–H and O–H groups in total. The van der Waals surface area contributed by atoms with Crippen LogP contribution in [0.3, 0.4) is 0 Å². The number of fused-ring (bicyclic) bond motifs is 2. The summed E-state index contributed by atoms with van der Waals surface area (Å²) in [7, 11) is 0. The van der Waals surface area contributed by atoms with Crippen LogP contribution in [0.15, 0.2) is 72.9 Å². The Hall–Kier alpha value is -3.60. The first-order valence-electron chi connectivity index (χ1n) is 9.61. The van der Waals surface area contributed by atoms with E-state index in [1.54, 1.807) is 12.1 Å². The smallest absolute Gasteiger partial charge is 0.361 e. The van der Waals surface area contributed by atoms with Gasteiger partial charge < -0.3 is 4.98 Å². The number of hydrogen-bond donors (Lipinski definition) is 2. The molecule has 0 radical (unpaired) electrons. The van der Waals surface area contributed by atoms with Gasteiger partial charge in [0.15, 0.2) is 6.21 Å². The first kappa shape index (κ1) is 18.4. The van der Waals surface area contributed by atoms with Crippen molar-refractivity contribution in [3.8, 4) is 0 Å². The average Bonchev–Trinajstić information content (AvgIpc) is 3.33. The Bertz CT molecular complexity index is 1320. The number of H-pyrrole nitrogens is 1. The van der Waals surface area contributed by atoms with Crippen LogP contribution in [0, 0.1) is 6.92 Å². The lowest BCUT2D eigenvalue weighted by Crippen LogP contribution is -2.58. The van der Waals surface area contributed by atoms with Gasteiger partial charge in [-0.05, 0) is 36.8 Å². The standard InChI is InChI=1S/C25H17F3N2/c1-15-6-11-23-19(12-15)21(14-30-23)24(16-7-9-17(10-8-16)25(26,27)28)20-13-29-22-5-3-2-4-18(20)22/h2-14,29H,1H3/p+1/b24-21+. The van der Waals surface area contributed by atoms with Crippen LogP contribution < -0.4 is 4.99 Å². The van der Waals surface area contributed by atoms with E-state index in [0.29, 0.717) is 0 Å². The number of hydrogen-bond acceptors (Lipinski definition) is 0. The average molecular weight is 403 g/mol. The second kappa shape index (κ2) is 6.73. The third kappa shape index (κ3) is 3.03. The largest absolute Gasteiger partial charge is 0.416 e. The highest BCUT2D eigenvalue weighted by molar-refractivity contribution is 6.24. The normalized spacial score (nSPS) is 14.9. The highest BCUT2D eigenvalue weighted by atomic mass is 19.4. The van der Waals surface area contributed by atoms with Crippen LogP contribution >= 0.6 is 0 Å². The molecule has 0 saturated heterocycles. The zero-order valence-corrected chi connectivity index (χ0v) is 16.1. The van der Waals surface area contributed by atoms with Crippen LogP contribution in [-0.2, 0) is 6.18 Å². The van der Waals surface area contributed by atoms with Crippen molar-refractivity contribution in [2.45, 2.75) is 13.1 Å². The minimum absolute atomic E-state index is 0.653. The molecule has 0 saturated carbocycles. The van der Waals surface area contributed by atoms with Crippen molar-refractivity contribution in [2.24, 2.45) is 0 Å². The molecule has 0 spiro atoms. The molecule has 1 aromatic heterocycles. The maximum absolute atomic E-state index is 13.1. The number of halogens is 3. The Morgan fingerprint density at radius 3 is 2.47 bits per heavy atom. The third-order valence-electron chi connectivity index (χ3n) is 5.47. The van der Waals surface area contributed by atoms with Crippen molar-refractivity contribution in [3.63, 3.8) is 0 Å². The second-order valence-corrected chi connectivity index (χ2v) is 7.45. The number of rotatable bonds is 2. The summed E-state index contributed by atoms with van der Waals surface area (Å²) in [6.45, 7) is 2.03. The number of aryl methyl sites for hydroxylation is 1. The molecule has 30 heavy (non-hydrogen) atoms. The molecule has 4 aromatic rings.